The van der Waals surface area contributed by atoms with Crippen molar-refractivity contribution < 1.29 is 24.0 Å². The molecule has 0 bridgehead atoms. The zero-order valence-corrected chi connectivity index (χ0v) is 19.4. The van der Waals surface area contributed by atoms with Crippen LogP contribution in [0.15, 0.2) is 18.2 Å². The van der Waals surface area contributed by atoms with Crippen molar-refractivity contribution in [1.82, 2.24) is 4.90 Å². The van der Waals surface area contributed by atoms with Gasteiger partial charge in [0.2, 0.25) is 0 Å². The van der Waals surface area contributed by atoms with Gasteiger partial charge in [0.15, 0.2) is 0 Å². The molecule has 34 heavy (non-hydrogen) atoms. The standard InChI is InChI=1S/C22H23N5O6S/c1-2-33-22(29)26-6-5-15-16(12-23)21(34-19(15)13-26)24-20(28)14-3-4-17(18(11-14)27(30)31)25-7-9-32-10-8-25/h3-4,11H,2,5-10,13H2,1H3,(H,24,28). The molecule has 1 N–H and O–H groups in total. The summed E-state index contributed by atoms with van der Waals surface area (Å²) >= 11 is 1.23. The summed E-state index contributed by atoms with van der Waals surface area (Å²) in [6.45, 7) is 4.73. The number of nitrogens with zero attached hydrogens (tertiary/aromatic N) is 4. The normalized spacial score (nSPS) is 15.3. The maximum atomic E-state index is 13.0. The van der Waals surface area contributed by atoms with Gasteiger partial charge >= 0.3 is 6.09 Å². The van der Waals surface area contributed by atoms with Gasteiger partial charge in [0, 0.05) is 36.1 Å². The molecule has 12 heteroatoms. The second-order valence-corrected chi connectivity index (χ2v) is 8.81. The van der Waals surface area contributed by atoms with Gasteiger partial charge in [-0.1, -0.05) is 0 Å². The van der Waals surface area contributed by atoms with Gasteiger partial charge < -0.3 is 24.6 Å². The molecule has 4 rings (SSSR count). The van der Waals surface area contributed by atoms with Gasteiger partial charge in [-0.05, 0) is 31.0 Å². The third-order valence-electron chi connectivity index (χ3n) is 5.71. The number of morpholine rings is 1. The summed E-state index contributed by atoms with van der Waals surface area (Å²) in [7, 11) is 0. The molecule has 1 aromatic heterocycles. The van der Waals surface area contributed by atoms with Crippen LogP contribution < -0.4 is 10.2 Å². The Hall–Kier alpha value is -3.69. The quantitative estimate of drug-likeness (QED) is 0.504. The van der Waals surface area contributed by atoms with Crippen LogP contribution in [0.25, 0.3) is 0 Å². The fraction of sp³-hybridized carbons (Fsp3) is 0.409. The predicted octanol–water partition coefficient (Wildman–Crippen LogP) is 3.13. The maximum absolute atomic E-state index is 13.0. The first-order chi connectivity index (χ1) is 16.4. The summed E-state index contributed by atoms with van der Waals surface area (Å²) in [5, 5.41) is 24.5. The van der Waals surface area contributed by atoms with E-state index in [0.717, 1.165) is 10.4 Å². The first-order valence-electron chi connectivity index (χ1n) is 10.8. The van der Waals surface area contributed by atoms with Crippen molar-refractivity contribution in [2.24, 2.45) is 0 Å². The predicted molar refractivity (Wildman–Crippen MR) is 124 cm³/mol. The van der Waals surface area contributed by atoms with Crippen molar-refractivity contribution in [2.75, 3.05) is 49.7 Å². The zero-order valence-electron chi connectivity index (χ0n) is 18.5. The smallest absolute Gasteiger partial charge is 0.410 e. The number of nitrogens with one attached hydrogen (secondary N) is 1. The average molecular weight is 486 g/mol. The Morgan fingerprint density at radius 3 is 2.76 bits per heavy atom. The molecule has 0 radical (unpaired) electrons. The Balaban J connectivity index is 1.56. The van der Waals surface area contributed by atoms with Crippen LogP contribution in [0.4, 0.5) is 21.2 Å². The molecule has 2 aliphatic rings. The van der Waals surface area contributed by atoms with Gasteiger partial charge in [-0.25, -0.2) is 4.79 Å². The van der Waals surface area contributed by atoms with Gasteiger partial charge in [0.05, 0.1) is 36.9 Å². The first-order valence-corrected chi connectivity index (χ1v) is 11.6. The third-order valence-corrected chi connectivity index (χ3v) is 6.84. The SMILES string of the molecule is CCOC(=O)N1CCc2c(sc(NC(=O)c3ccc(N4CCOCC4)c([N+](=O)[O-])c3)c2C#N)C1. The van der Waals surface area contributed by atoms with Crippen molar-refractivity contribution in [2.45, 2.75) is 19.9 Å². The van der Waals surface area contributed by atoms with E-state index >= 15 is 0 Å². The Morgan fingerprint density at radius 2 is 2.09 bits per heavy atom. The largest absolute Gasteiger partial charge is 0.450 e. The van der Waals surface area contributed by atoms with E-state index in [1.807, 2.05) is 4.90 Å². The number of hydrogen-bond donors (Lipinski definition) is 1. The summed E-state index contributed by atoms with van der Waals surface area (Å²) in [4.78, 5) is 40.4. The van der Waals surface area contributed by atoms with Gasteiger partial charge in [0.25, 0.3) is 11.6 Å². The van der Waals surface area contributed by atoms with Crippen LogP contribution in [0.1, 0.15) is 33.3 Å². The minimum Gasteiger partial charge on any atom is -0.450 e. The summed E-state index contributed by atoms with van der Waals surface area (Å²) in [6.07, 6.45) is 0.0571. The highest BCUT2D eigenvalue weighted by Gasteiger charge is 2.29. The minimum absolute atomic E-state index is 0.118. The number of ether oxygens (including phenoxy) is 2. The fourth-order valence-electron chi connectivity index (χ4n) is 4.04. The Morgan fingerprint density at radius 1 is 1.32 bits per heavy atom. The number of carbonyl (C=O) groups is 2. The van der Waals surface area contributed by atoms with Crippen molar-refractivity contribution >= 4 is 39.7 Å². The topological polar surface area (TPSA) is 138 Å². The summed E-state index contributed by atoms with van der Waals surface area (Å²) in [5.41, 5.74) is 1.55. The van der Waals surface area contributed by atoms with Crippen LogP contribution >= 0.6 is 11.3 Å². The number of fused-ring (bicyclic) bond motifs is 1. The van der Waals surface area contributed by atoms with Crippen molar-refractivity contribution in [1.29, 1.82) is 5.26 Å². The molecule has 1 aromatic carbocycles. The van der Waals surface area contributed by atoms with E-state index < -0.39 is 16.9 Å². The lowest BCUT2D eigenvalue weighted by Gasteiger charge is -2.28. The van der Waals surface area contributed by atoms with Crippen molar-refractivity contribution in [3.05, 3.63) is 49.9 Å². The number of benzene rings is 1. The van der Waals surface area contributed by atoms with E-state index in [2.05, 4.69) is 11.4 Å². The number of nitro benzene ring substituents is 1. The van der Waals surface area contributed by atoms with Crippen LogP contribution in [0.2, 0.25) is 0 Å². The van der Waals surface area contributed by atoms with Crippen LogP contribution in [-0.4, -0.2) is 61.3 Å². The number of nitriles is 1. The number of thiophene rings is 1. The Bertz CT molecular complexity index is 1170. The third kappa shape index (κ3) is 4.66. The lowest BCUT2D eigenvalue weighted by molar-refractivity contribution is -0.384. The Kier molecular flexibility index (Phi) is 6.95. The molecule has 1 fully saturated rings. The molecule has 2 amide bonds. The second-order valence-electron chi connectivity index (χ2n) is 7.70. The van der Waals surface area contributed by atoms with E-state index in [9.17, 15) is 25.0 Å². The number of anilines is 2. The summed E-state index contributed by atoms with van der Waals surface area (Å²) in [5.74, 6) is -0.547. The molecule has 0 saturated carbocycles. The molecule has 0 atom stereocenters. The Labute approximate surface area is 199 Å². The van der Waals surface area contributed by atoms with Crippen LogP contribution in [-0.2, 0) is 22.4 Å². The molecule has 0 unspecified atom stereocenters. The summed E-state index contributed by atoms with van der Waals surface area (Å²) < 4.78 is 10.4. The molecule has 1 saturated heterocycles. The van der Waals surface area contributed by atoms with E-state index in [1.54, 1.807) is 17.9 Å². The molecule has 2 aromatic rings. The van der Waals surface area contributed by atoms with Gasteiger partial charge in [-0.3, -0.25) is 14.9 Å². The highest BCUT2D eigenvalue weighted by atomic mass is 32.1. The molecule has 0 aliphatic carbocycles. The monoisotopic (exact) mass is 485 g/mol. The fourth-order valence-corrected chi connectivity index (χ4v) is 5.25. The molecule has 3 heterocycles. The minimum atomic E-state index is -0.547. The lowest BCUT2D eigenvalue weighted by atomic mass is 10.0. The van der Waals surface area contributed by atoms with Gasteiger partial charge in [-0.15, -0.1) is 11.3 Å². The zero-order chi connectivity index (χ0) is 24.2. The van der Waals surface area contributed by atoms with Gasteiger partial charge in [-0.2, -0.15) is 5.26 Å². The van der Waals surface area contributed by atoms with E-state index in [1.165, 1.54) is 23.5 Å². The van der Waals surface area contributed by atoms with Crippen molar-refractivity contribution in [3.63, 3.8) is 0 Å². The maximum Gasteiger partial charge on any atom is 0.410 e. The number of amides is 2. The number of rotatable bonds is 5. The lowest BCUT2D eigenvalue weighted by Crippen LogP contribution is -2.36. The number of nitro groups is 1. The summed E-state index contributed by atoms with van der Waals surface area (Å²) in [6, 6.07) is 6.50. The number of carbonyl (C=O) groups excluding carboxylic acids is 2. The van der Waals surface area contributed by atoms with Crippen LogP contribution in [0, 0.1) is 21.4 Å². The number of hydrogen-bond acceptors (Lipinski definition) is 9. The van der Waals surface area contributed by atoms with E-state index in [-0.39, 0.29) is 17.9 Å². The second kappa shape index (κ2) is 10.1. The van der Waals surface area contributed by atoms with Crippen LogP contribution in [0.5, 0.6) is 0 Å². The molecule has 178 valence electrons. The van der Waals surface area contributed by atoms with Gasteiger partial charge in [0.1, 0.15) is 16.8 Å². The highest BCUT2D eigenvalue weighted by Crippen LogP contribution is 2.37. The highest BCUT2D eigenvalue weighted by molar-refractivity contribution is 7.16. The van der Waals surface area contributed by atoms with E-state index in [0.29, 0.717) is 62.1 Å². The first kappa shape index (κ1) is 23.5. The van der Waals surface area contributed by atoms with E-state index in [4.69, 9.17) is 9.47 Å². The molecular weight excluding hydrogens is 462 g/mol. The molecule has 0 spiro atoms. The molecular formula is C22H23N5O6S. The average Bonchev–Trinajstić information content (AvgIpc) is 3.20. The molecule has 2 aliphatic heterocycles. The van der Waals surface area contributed by atoms with Crippen molar-refractivity contribution in [3.8, 4) is 6.07 Å². The molecule has 11 nitrogen and oxygen atoms in total. The van der Waals surface area contributed by atoms with Crippen LogP contribution in [0.3, 0.4) is 0 Å².